The van der Waals surface area contributed by atoms with Crippen molar-refractivity contribution in [1.82, 2.24) is 5.32 Å². The Hall–Kier alpha value is -1.97. The molecule has 1 saturated heterocycles. The molecule has 1 N–H and O–H groups in total. The van der Waals surface area contributed by atoms with Gasteiger partial charge in [-0.1, -0.05) is 18.2 Å². The molecule has 0 radical (unpaired) electrons. The van der Waals surface area contributed by atoms with Crippen LogP contribution in [-0.4, -0.2) is 18.4 Å². The van der Waals surface area contributed by atoms with Crippen LogP contribution in [0, 0.1) is 5.92 Å². The van der Waals surface area contributed by atoms with Gasteiger partial charge in [0.2, 0.25) is 5.91 Å². The molecule has 2 aliphatic rings. The first-order valence-electron chi connectivity index (χ1n) is 4.76. The Morgan fingerprint density at radius 2 is 2.07 bits per heavy atom. The lowest BCUT2D eigenvalue weighted by atomic mass is 9.97. The number of hydrogen-bond acceptors (Lipinski definition) is 3. The zero-order chi connectivity index (χ0) is 10.4. The van der Waals surface area contributed by atoms with Crippen LogP contribution in [0.5, 0.6) is 0 Å². The summed E-state index contributed by atoms with van der Waals surface area (Å²) in [6.45, 7) is 0.379. The zero-order valence-electron chi connectivity index (χ0n) is 7.86. The first kappa shape index (κ1) is 8.35. The van der Waals surface area contributed by atoms with Crippen molar-refractivity contribution in [2.24, 2.45) is 10.9 Å². The zero-order valence-corrected chi connectivity index (χ0v) is 7.86. The molecular weight excluding hydrogens is 192 g/mol. The van der Waals surface area contributed by atoms with Gasteiger partial charge in [-0.15, -0.1) is 0 Å². The smallest absolute Gasteiger partial charge is 0.255 e. The van der Waals surface area contributed by atoms with Crippen LogP contribution >= 0.6 is 0 Å². The Balaban J connectivity index is 2.43. The van der Waals surface area contributed by atoms with E-state index in [4.69, 9.17) is 0 Å². The van der Waals surface area contributed by atoms with Gasteiger partial charge in [-0.3, -0.25) is 19.9 Å². The molecule has 1 fully saturated rings. The van der Waals surface area contributed by atoms with E-state index >= 15 is 0 Å². The predicted octanol–water partition coefficient (Wildman–Crippen LogP) is -1.26. The average molecular weight is 200 g/mol. The molecule has 4 nitrogen and oxygen atoms in total. The number of nitrogens with zero attached hydrogens (tertiary/aromatic N) is 1. The predicted molar refractivity (Wildman–Crippen MR) is 52.1 cm³/mol. The van der Waals surface area contributed by atoms with E-state index in [1.54, 1.807) is 0 Å². The van der Waals surface area contributed by atoms with Crippen LogP contribution in [0.2, 0.25) is 0 Å². The van der Waals surface area contributed by atoms with Crippen LogP contribution in [-0.2, 0) is 9.59 Å². The molecule has 2 aliphatic heterocycles. The van der Waals surface area contributed by atoms with Crippen molar-refractivity contribution in [3.8, 4) is 0 Å². The van der Waals surface area contributed by atoms with Crippen molar-refractivity contribution >= 4 is 17.4 Å². The second-order valence-corrected chi connectivity index (χ2v) is 3.64. The van der Waals surface area contributed by atoms with E-state index in [9.17, 15) is 9.59 Å². The molecule has 15 heavy (non-hydrogen) atoms. The Kier molecular flexibility index (Phi) is 1.54. The molecule has 74 valence electrons. The number of carbonyl (C=O) groups excluding carboxylic acids is 2. The van der Waals surface area contributed by atoms with Crippen LogP contribution in [0.3, 0.4) is 0 Å². The molecule has 1 aromatic carbocycles. The van der Waals surface area contributed by atoms with Gasteiger partial charge in [-0.05, 0) is 6.07 Å². The topological polar surface area (TPSA) is 58.5 Å². The van der Waals surface area contributed by atoms with Gasteiger partial charge in [0.1, 0.15) is 0 Å². The summed E-state index contributed by atoms with van der Waals surface area (Å²) in [7, 11) is 0. The largest absolute Gasteiger partial charge is 0.292 e. The fourth-order valence-corrected chi connectivity index (χ4v) is 2.07. The minimum atomic E-state index is -0.382. The molecule has 2 heterocycles. The number of hydrogen-bond donors (Lipinski definition) is 1. The lowest BCUT2D eigenvalue weighted by Gasteiger charge is -2.09. The van der Waals surface area contributed by atoms with Crippen molar-refractivity contribution in [3.05, 3.63) is 34.8 Å². The highest BCUT2D eigenvalue weighted by Gasteiger charge is 2.37. The quantitative estimate of drug-likeness (QED) is 0.532. The molecule has 0 saturated carbocycles. The summed E-state index contributed by atoms with van der Waals surface area (Å²) in [5.41, 5.74) is 0.575. The average Bonchev–Trinajstić information content (AvgIpc) is 2.55. The molecular formula is C11H8N2O2. The molecule has 0 aliphatic carbocycles. The van der Waals surface area contributed by atoms with E-state index in [1.807, 2.05) is 24.3 Å². The minimum Gasteiger partial charge on any atom is -0.292 e. The van der Waals surface area contributed by atoms with Gasteiger partial charge in [0.25, 0.3) is 5.91 Å². The van der Waals surface area contributed by atoms with Gasteiger partial charge < -0.3 is 0 Å². The van der Waals surface area contributed by atoms with E-state index in [0.717, 1.165) is 10.6 Å². The van der Waals surface area contributed by atoms with Crippen LogP contribution in [0.4, 0.5) is 0 Å². The lowest BCUT2D eigenvalue weighted by molar-refractivity contribution is -0.125. The van der Waals surface area contributed by atoms with Gasteiger partial charge >= 0.3 is 0 Å². The summed E-state index contributed by atoms with van der Waals surface area (Å²) in [5.74, 6) is -0.881. The van der Waals surface area contributed by atoms with Crippen molar-refractivity contribution in [2.45, 2.75) is 0 Å². The molecule has 0 spiro atoms. The molecule has 2 amide bonds. The fraction of sp³-hybridized carbons (Fsp3) is 0.182. The van der Waals surface area contributed by atoms with E-state index in [2.05, 4.69) is 10.3 Å². The molecule has 4 heteroatoms. The second-order valence-electron chi connectivity index (χ2n) is 3.64. The third kappa shape index (κ3) is 1.05. The number of imide groups is 1. The highest BCUT2D eigenvalue weighted by Crippen LogP contribution is 2.19. The highest BCUT2D eigenvalue weighted by atomic mass is 16.2. The van der Waals surface area contributed by atoms with Gasteiger partial charge in [0, 0.05) is 10.8 Å². The first-order valence-corrected chi connectivity index (χ1v) is 4.76. The Morgan fingerprint density at radius 3 is 2.93 bits per heavy atom. The number of fused-ring (bicyclic) bond motifs is 2. The van der Waals surface area contributed by atoms with E-state index in [-0.39, 0.29) is 17.7 Å². The summed E-state index contributed by atoms with van der Waals surface area (Å²) >= 11 is 0. The molecule has 0 aromatic heterocycles. The fourth-order valence-electron chi connectivity index (χ4n) is 2.07. The number of benzene rings is 1. The van der Waals surface area contributed by atoms with Crippen molar-refractivity contribution < 1.29 is 9.59 Å². The Labute approximate surface area is 85.3 Å². The molecule has 1 unspecified atom stereocenters. The molecule has 3 rings (SSSR count). The van der Waals surface area contributed by atoms with Crippen LogP contribution in [0.15, 0.2) is 29.3 Å². The summed E-state index contributed by atoms with van der Waals surface area (Å²) in [5, 5.41) is 3.91. The highest BCUT2D eigenvalue weighted by molar-refractivity contribution is 6.29. The normalized spacial score (nSPS) is 22.9. The lowest BCUT2D eigenvalue weighted by Crippen LogP contribution is -2.35. The molecule has 1 aromatic rings. The molecule has 1 atom stereocenters. The van der Waals surface area contributed by atoms with Crippen LogP contribution in [0.25, 0.3) is 5.57 Å². The van der Waals surface area contributed by atoms with E-state index in [1.165, 1.54) is 0 Å². The van der Waals surface area contributed by atoms with Gasteiger partial charge in [0.15, 0.2) is 0 Å². The number of carbonyl (C=O) groups is 2. The summed E-state index contributed by atoms with van der Waals surface area (Å²) in [4.78, 5) is 27.3. The van der Waals surface area contributed by atoms with Gasteiger partial charge in [-0.2, -0.15) is 0 Å². The maximum Gasteiger partial charge on any atom is 0.255 e. The van der Waals surface area contributed by atoms with Crippen molar-refractivity contribution in [1.29, 1.82) is 0 Å². The van der Waals surface area contributed by atoms with Crippen molar-refractivity contribution in [2.75, 3.05) is 6.54 Å². The van der Waals surface area contributed by atoms with E-state index < -0.39 is 0 Å². The van der Waals surface area contributed by atoms with Gasteiger partial charge in [0.05, 0.1) is 17.8 Å². The number of rotatable bonds is 0. The number of nitrogens with one attached hydrogen (secondary N) is 1. The second kappa shape index (κ2) is 2.76. The summed E-state index contributed by atoms with van der Waals surface area (Å²) in [6.07, 6.45) is 0. The SMILES string of the molecule is O=C1NC(=O)C2CN=c3ccccc3=C12. The maximum atomic E-state index is 11.6. The summed E-state index contributed by atoms with van der Waals surface area (Å²) in [6, 6.07) is 7.41. The van der Waals surface area contributed by atoms with E-state index in [0.29, 0.717) is 12.1 Å². The standard InChI is InChI=1S/C11H8N2O2/c14-10-7-5-12-8-4-2-1-3-6(8)9(7)11(15)13-10/h1-4,7H,5H2,(H,13,14,15). The Bertz CT molecular complexity index is 589. The third-order valence-electron chi connectivity index (χ3n) is 2.78. The maximum absolute atomic E-state index is 11.6. The third-order valence-corrected chi connectivity index (χ3v) is 2.78. The van der Waals surface area contributed by atoms with Crippen molar-refractivity contribution in [3.63, 3.8) is 0 Å². The molecule has 0 bridgehead atoms. The van der Waals surface area contributed by atoms with Crippen LogP contribution in [0.1, 0.15) is 0 Å². The number of amides is 2. The van der Waals surface area contributed by atoms with Gasteiger partial charge in [-0.25, -0.2) is 0 Å². The van der Waals surface area contributed by atoms with Crippen LogP contribution < -0.4 is 15.9 Å². The monoisotopic (exact) mass is 200 g/mol. The summed E-state index contributed by atoms with van der Waals surface area (Å²) < 4.78 is 0. The number of para-hydroxylation sites is 1. The Morgan fingerprint density at radius 1 is 1.27 bits per heavy atom. The first-order chi connectivity index (χ1) is 7.27. The minimum absolute atomic E-state index is 0.228.